The lowest BCUT2D eigenvalue weighted by Gasteiger charge is -2.11. The van der Waals surface area contributed by atoms with Crippen LogP contribution in [0, 0.1) is 0 Å². The Hall–Kier alpha value is -0.870. The molecule has 0 bridgehead atoms. The number of nitrogens with zero attached hydrogens (tertiary/aromatic N) is 3. The fourth-order valence-electron chi connectivity index (χ4n) is 1.30. The summed E-state index contributed by atoms with van der Waals surface area (Å²) in [5.41, 5.74) is 0. The third-order valence-electron chi connectivity index (χ3n) is 2.08. The van der Waals surface area contributed by atoms with Crippen molar-refractivity contribution >= 4 is 17.4 Å². The van der Waals surface area contributed by atoms with Gasteiger partial charge in [0, 0.05) is 25.6 Å². The molecule has 90 valence electrons. The summed E-state index contributed by atoms with van der Waals surface area (Å²) < 4.78 is 0. The van der Waals surface area contributed by atoms with E-state index in [2.05, 4.69) is 27.1 Å². The number of aromatic nitrogens is 2. The van der Waals surface area contributed by atoms with Crippen LogP contribution in [-0.4, -0.2) is 42.1 Å². The quantitative estimate of drug-likeness (QED) is 0.776. The lowest BCUT2D eigenvalue weighted by molar-refractivity contribution is 0.425. The summed E-state index contributed by atoms with van der Waals surface area (Å²) in [5.74, 6) is 1.62. The maximum atomic E-state index is 5.93. The van der Waals surface area contributed by atoms with Gasteiger partial charge in [-0.3, -0.25) is 0 Å². The van der Waals surface area contributed by atoms with Crippen molar-refractivity contribution in [3.05, 3.63) is 17.0 Å². The van der Waals surface area contributed by atoms with Crippen LogP contribution in [0.2, 0.25) is 5.15 Å². The van der Waals surface area contributed by atoms with Gasteiger partial charge in [0.1, 0.15) is 16.8 Å². The molecule has 5 heteroatoms. The van der Waals surface area contributed by atoms with Crippen molar-refractivity contribution in [2.24, 2.45) is 0 Å². The molecule has 0 aliphatic rings. The van der Waals surface area contributed by atoms with E-state index in [1.165, 1.54) is 0 Å². The van der Waals surface area contributed by atoms with Crippen LogP contribution in [0.15, 0.2) is 6.07 Å². The normalized spacial score (nSPS) is 10.8. The van der Waals surface area contributed by atoms with E-state index in [0.717, 1.165) is 37.6 Å². The summed E-state index contributed by atoms with van der Waals surface area (Å²) in [6, 6.07) is 1.76. The molecule has 0 unspecified atom stereocenters. The maximum absolute atomic E-state index is 5.93. The topological polar surface area (TPSA) is 41.1 Å². The van der Waals surface area contributed by atoms with Gasteiger partial charge in [-0.05, 0) is 20.5 Å². The third-order valence-corrected chi connectivity index (χ3v) is 2.27. The number of halogens is 1. The fourth-order valence-corrected chi connectivity index (χ4v) is 1.50. The van der Waals surface area contributed by atoms with Gasteiger partial charge in [0.25, 0.3) is 0 Å². The zero-order valence-electron chi connectivity index (χ0n) is 10.1. The van der Waals surface area contributed by atoms with Gasteiger partial charge in [0.05, 0.1) is 0 Å². The number of aryl methyl sites for hydroxylation is 1. The highest BCUT2D eigenvalue weighted by molar-refractivity contribution is 6.29. The van der Waals surface area contributed by atoms with Crippen LogP contribution < -0.4 is 5.32 Å². The van der Waals surface area contributed by atoms with Crippen molar-refractivity contribution in [3.8, 4) is 0 Å². The molecule has 0 saturated carbocycles. The zero-order valence-corrected chi connectivity index (χ0v) is 10.9. The molecule has 0 saturated heterocycles. The van der Waals surface area contributed by atoms with E-state index in [-0.39, 0.29) is 0 Å². The Labute approximate surface area is 102 Å². The highest BCUT2D eigenvalue weighted by Crippen LogP contribution is 2.12. The lowest BCUT2D eigenvalue weighted by atomic mass is 10.3. The number of hydrogen-bond donors (Lipinski definition) is 1. The average Bonchev–Trinajstić information content (AvgIpc) is 2.16. The Balaban J connectivity index is 2.58. The molecule has 0 aromatic carbocycles. The van der Waals surface area contributed by atoms with E-state index in [0.29, 0.717) is 5.15 Å². The molecule has 0 amide bonds. The standard InChI is InChI=1S/C11H19ClN4/c1-4-5-10-14-9(12)8-11(15-10)13-6-7-16(2)3/h8H,4-7H2,1-3H3,(H,13,14,15). The maximum Gasteiger partial charge on any atom is 0.134 e. The van der Waals surface area contributed by atoms with Crippen LogP contribution in [0.1, 0.15) is 19.2 Å². The monoisotopic (exact) mass is 242 g/mol. The molecule has 1 aromatic rings. The molecule has 1 heterocycles. The van der Waals surface area contributed by atoms with Gasteiger partial charge in [-0.25, -0.2) is 9.97 Å². The molecule has 0 aliphatic heterocycles. The molecule has 0 radical (unpaired) electrons. The van der Waals surface area contributed by atoms with Gasteiger partial charge in [-0.2, -0.15) is 0 Å². The Morgan fingerprint density at radius 3 is 2.75 bits per heavy atom. The van der Waals surface area contributed by atoms with Gasteiger partial charge in [0.15, 0.2) is 0 Å². The highest BCUT2D eigenvalue weighted by atomic mass is 35.5. The summed E-state index contributed by atoms with van der Waals surface area (Å²) in [6.07, 6.45) is 1.89. The second-order valence-corrected chi connectivity index (χ2v) is 4.36. The van der Waals surface area contributed by atoms with Crippen molar-refractivity contribution in [2.45, 2.75) is 19.8 Å². The molecule has 1 aromatic heterocycles. The van der Waals surface area contributed by atoms with Crippen LogP contribution in [-0.2, 0) is 6.42 Å². The first-order valence-electron chi connectivity index (χ1n) is 5.54. The molecule has 1 N–H and O–H groups in total. The molecule has 16 heavy (non-hydrogen) atoms. The van der Waals surface area contributed by atoms with Crippen LogP contribution in [0.4, 0.5) is 5.82 Å². The second-order valence-electron chi connectivity index (χ2n) is 3.97. The minimum atomic E-state index is 0.505. The zero-order chi connectivity index (χ0) is 12.0. The summed E-state index contributed by atoms with van der Waals surface area (Å²) >= 11 is 5.93. The molecule has 0 spiro atoms. The minimum absolute atomic E-state index is 0.505. The summed E-state index contributed by atoms with van der Waals surface area (Å²) in [5, 5.41) is 3.74. The number of likely N-dealkylation sites (N-methyl/N-ethyl adjacent to an activating group) is 1. The number of nitrogens with one attached hydrogen (secondary N) is 1. The largest absolute Gasteiger partial charge is 0.369 e. The summed E-state index contributed by atoms with van der Waals surface area (Å²) in [4.78, 5) is 10.7. The van der Waals surface area contributed by atoms with Gasteiger partial charge >= 0.3 is 0 Å². The van der Waals surface area contributed by atoms with E-state index in [4.69, 9.17) is 11.6 Å². The first kappa shape index (κ1) is 13.2. The Morgan fingerprint density at radius 2 is 2.12 bits per heavy atom. The third kappa shape index (κ3) is 4.77. The van der Waals surface area contributed by atoms with Crippen LogP contribution >= 0.6 is 11.6 Å². The van der Waals surface area contributed by atoms with Crippen molar-refractivity contribution in [2.75, 3.05) is 32.5 Å². The second kappa shape index (κ2) is 6.66. The van der Waals surface area contributed by atoms with E-state index in [1.807, 2.05) is 14.1 Å². The minimum Gasteiger partial charge on any atom is -0.369 e. The van der Waals surface area contributed by atoms with Crippen LogP contribution in [0.3, 0.4) is 0 Å². The molecule has 0 fully saturated rings. The van der Waals surface area contributed by atoms with E-state index in [1.54, 1.807) is 6.07 Å². The molecule has 0 atom stereocenters. The van der Waals surface area contributed by atoms with E-state index >= 15 is 0 Å². The van der Waals surface area contributed by atoms with Gasteiger partial charge in [0.2, 0.25) is 0 Å². The van der Waals surface area contributed by atoms with Crippen molar-refractivity contribution < 1.29 is 0 Å². The SMILES string of the molecule is CCCc1nc(Cl)cc(NCCN(C)C)n1. The Morgan fingerprint density at radius 1 is 1.38 bits per heavy atom. The van der Waals surface area contributed by atoms with Crippen molar-refractivity contribution in [3.63, 3.8) is 0 Å². The van der Waals surface area contributed by atoms with E-state index in [9.17, 15) is 0 Å². The predicted molar refractivity (Wildman–Crippen MR) is 68.1 cm³/mol. The highest BCUT2D eigenvalue weighted by Gasteiger charge is 2.02. The first-order chi connectivity index (χ1) is 7.61. The number of rotatable bonds is 6. The van der Waals surface area contributed by atoms with Gasteiger partial charge < -0.3 is 10.2 Å². The van der Waals surface area contributed by atoms with E-state index < -0.39 is 0 Å². The smallest absolute Gasteiger partial charge is 0.134 e. The summed E-state index contributed by atoms with van der Waals surface area (Å²) in [7, 11) is 4.08. The fraction of sp³-hybridized carbons (Fsp3) is 0.636. The molecular weight excluding hydrogens is 224 g/mol. The van der Waals surface area contributed by atoms with Crippen molar-refractivity contribution in [1.82, 2.24) is 14.9 Å². The molecule has 4 nitrogen and oxygen atoms in total. The number of anilines is 1. The summed E-state index contributed by atoms with van der Waals surface area (Å²) in [6.45, 7) is 3.92. The Bertz CT molecular complexity index is 328. The molecule has 0 aliphatic carbocycles. The average molecular weight is 243 g/mol. The predicted octanol–water partition coefficient (Wildman–Crippen LogP) is 2.06. The number of hydrogen-bond acceptors (Lipinski definition) is 4. The lowest BCUT2D eigenvalue weighted by Crippen LogP contribution is -2.21. The van der Waals surface area contributed by atoms with Gasteiger partial charge in [-0.1, -0.05) is 18.5 Å². The van der Waals surface area contributed by atoms with Gasteiger partial charge in [-0.15, -0.1) is 0 Å². The molecule has 1 rings (SSSR count). The Kier molecular flexibility index (Phi) is 5.49. The van der Waals surface area contributed by atoms with Crippen LogP contribution in [0.25, 0.3) is 0 Å². The van der Waals surface area contributed by atoms with Crippen LogP contribution in [0.5, 0.6) is 0 Å². The first-order valence-corrected chi connectivity index (χ1v) is 5.91. The molecular formula is C11H19ClN4. The van der Waals surface area contributed by atoms with Crippen molar-refractivity contribution in [1.29, 1.82) is 0 Å².